The van der Waals surface area contributed by atoms with Gasteiger partial charge in [-0.3, -0.25) is 4.79 Å². The maximum atomic E-state index is 12.8. The SMILES string of the molecule is Cc1cc(NC(=O)[C@@H]2COc3ccccc3O2)n(-c2nc3ccccc3s2)n1. The van der Waals surface area contributed by atoms with Crippen molar-refractivity contribution in [3.05, 3.63) is 60.3 Å². The molecule has 1 atom stereocenters. The van der Waals surface area contributed by atoms with Crippen LogP contribution >= 0.6 is 11.3 Å². The first-order valence-corrected chi connectivity index (χ1v) is 9.61. The largest absolute Gasteiger partial charge is 0.485 e. The molecule has 8 heteroatoms. The summed E-state index contributed by atoms with van der Waals surface area (Å²) in [7, 11) is 0. The summed E-state index contributed by atoms with van der Waals surface area (Å²) < 4.78 is 14.1. The summed E-state index contributed by atoms with van der Waals surface area (Å²) >= 11 is 1.51. The van der Waals surface area contributed by atoms with Crippen molar-refractivity contribution >= 4 is 33.3 Å². The molecule has 28 heavy (non-hydrogen) atoms. The van der Waals surface area contributed by atoms with E-state index in [1.54, 1.807) is 10.7 Å². The van der Waals surface area contributed by atoms with Gasteiger partial charge in [0.25, 0.3) is 5.91 Å². The zero-order valence-corrected chi connectivity index (χ0v) is 15.8. The van der Waals surface area contributed by atoms with Crippen molar-refractivity contribution in [2.75, 3.05) is 11.9 Å². The fourth-order valence-electron chi connectivity index (χ4n) is 3.04. The minimum absolute atomic E-state index is 0.150. The quantitative estimate of drug-likeness (QED) is 0.577. The van der Waals surface area contributed by atoms with Gasteiger partial charge in [0.1, 0.15) is 12.4 Å². The highest BCUT2D eigenvalue weighted by Gasteiger charge is 2.28. The summed E-state index contributed by atoms with van der Waals surface area (Å²) in [4.78, 5) is 17.4. The number of carbonyl (C=O) groups excluding carboxylic acids is 1. The highest BCUT2D eigenvalue weighted by atomic mass is 32.1. The molecule has 140 valence electrons. The number of nitrogens with zero attached hydrogens (tertiary/aromatic N) is 3. The summed E-state index contributed by atoms with van der Waals surface area (Å²) in [6.07, 6.45) is -0.742. The number of aromatic nitrogens is 3. The van der Waals surface area contributed by atoms with Gasteiger partial charge in [0, 0.05) is 6.07 Å². The number of ether oxygens (including phenoxy) is 2. The molecular weight excluding hydrogens is 376 g/mol. The molecule has 0 bridgehead atoms. The van der Waals surface area contributed by atoms with Crippen molar-refractivity contribution < 1.29 is 14.3 Å². The number of hydrogen-bond donors (Lipinski definition) is 1. The van der Waals surface area contributed by atoms with E-state index in [9.17, 15) is 4.79 Å². The first-order valence-electron chi connectivity index (χ1n) is 8.79. The van der Waals surface area contributed by atoms with E-state index in [1.807, 2.05) is 55.5 Å². The molecule has 3 heterocycles. The predicted molar refractivity (Wildman–Crippen MR) is 106 cm³/mol. The van der Waals surface area contributed by atoms with Gasteiger partial charge in [-0.2, -0.15) is 9.78 Å². The van der Waals surface area contributed by atoms with Crippen LogP contribution in [0.5, 0.6) is 11.5 Å². The monoisotopic (exact) mass is 392 g/mol. The molecule has 0 radical (unpaired) electrons. The fraction of sp³-hybridized carbons (Fsp3) is 0.150. The number of carbonyl (C=O) groups is 1. The number of fused-ring (bicyclic) bond motifs is 2. The second-order valence-electron chi connectivity index (χ2n) is 6.40. The lowest BCUT2D eigenvalue weighted by Crippen LogP contribution is -2.40. The molecule has 2 aromatic heterocycles. The molecule has 4 aromatic rings. The standard InChI is InChI=1S/C20H16N4O3S/c1-12-10-18(24(23-12)20-21-13-6-2-5-9-17(13)28-20)22-19(25)16-11-26-14-7-3-4-8-15(14)27-16/h2-10,16H,11H2,1H3,(H,22,25)/t16-/m0/s1. The van der Waals surface area contributed by atoms with Gasteiger partial charge in [0.15, 0.2) is 11.5 Å². The van der Waals surface area contributed by atoms with Crippen LogP contribution < -0.4 is 14.8 Å². The third-order valence-electron chi connectivity index (χ3n) is 4.35. The number of amides is 1. The van der Waals surface area contributed by atoms with Crippen LogP contribution in [0.4, 0.5) is 5.82 Å². The molecule has 1 aliphatic rings. The van der Waals surface area contributed by atoms with Crippen molar-refractivity contribution in [1.82, 2.24) is 14.8 Å². The maximum absolute atomic E-state index is 12.8. The Morgan fingerprint density at radius 1 is 1.18 bits per heavy atom. The van der Waals surface area contributed by atoms with Crippen LogP contribution in [0.25, 0.3) is 15.3 Å². The van der Waals surface area contributed by atoms with Gasteiger partial charge in [0.05, 0.1) is 15.9 Å². The Morgan fingerprint density at radius 3 is 2.82 bits per heavy atom. The second-order valence-corrected chi connectivity index (χ2v) is 7.41. The molecule has 1 amide bonds. The van der Waals surface area contributed by atoms with E-state index in [0.29, 0.717) is 22.4 Å². The molecule has 5 rings (SSSR count). The lowest BCUT2D eigenvalue weighted by Gasteiger charge is -2.25. The van der Waals surface area contributed by atoms with E-state index < -0.39 is 6.10 Å². The zero-order valence-electron chi connectivity index (χ0n) is 15.0. The van der Waals surface area contributed by atoms with E-state index in [0.717, 1.165) is 15.9 Å². The number of thiazole rings is 1. The summed E-state index contributed by atoms with van der Waals surface area (Å²) in [5.74, 6) is 1.45. The van der Waals surface area contributed by atoms with Gasteiger partial charge >= 0.3 is 0 Å². The molecular formula is C20H16N4O3S. The minimum atomic E-state index is -0.742. The Labute approximate surface area is 164 Å². The summed E-state index contributed by atoms with van der Waals surface area (Å²) in [5, 5.41) is 8.08. The van der Waals surface area contributed by atoms with E-state index in [2.05, 4.69) is 15.4 Å². The van der Waals surface area contributed by atoms with Crippen LogP contribution in [-0.2, 0) is 4.79 Å². The molecule has 0 spiro atoms. The Kier molecular flexibility index (Phi) is 3.98. The molecule has 0 fully saturated rings. The Morgan fingerprint density at radius 2 is 1.96 bits per heavy atom. The molecule has 0 unspecified atom stereocenters. The zero-order chi connectivity index (χ0) is 19.1. The molecule has 0 aliphatic carbocycles. The number of hydrogen-bond acceptors (Lipinski definition) is 6. The average molecular weight is 392 g/mol. The number of anilines is 1. The van der Waals surface area contributed by atoms with Crippen LogP contribution in [0.1, 0.15) is 5.69 Å². The third-order valence-corrected chi connectivity index (χ3v) is 5.36. The van der Waals surface area contributed by atoms with Gasteiger partial charge in [0.2, 0.25) is 11.2 Å². The van der Waals surface area contributed by atoms with E-state index in [4.69, 9.17) is 9.47 Å². The van der Waals surface area contributed by atoms with E-state index >= 15 is 0 Å². The lowest BCUT2D eigenvalue weighted by atomic mass is 10.2. The van der Waals surface area contributed by atoms with Crippen molar-refractivity contribution in [2.45, 2.75) is 13.0 Å². The number of nitrogens with one attached hydrogen (secondary N) is 1. The molecule has 0 saturated heterocycles. The Balaban J connectivity index is 1.41. The van der Waals surface area contributed by atoms with Gasteiger partial charge in [-0.15, -0.1) is 0 Å². The van der Waals surface area contributed by atoms with Crippen molar-refractivity contribution in [1.29, 1.82) is 0 Å². The molecule has 0 saturated carbocycles. The van der Waals surface area contributed by atoms with E-state index in [1.165, 1.54) is 11.3 Å². The fourth-order valence-corrected chi connectivity index (χ4v) is 3.97. The maximum Gasteiger partial charge on any atom is 0.270 e. The lowest BCUT2D eigenvalue weighted by molar-refractivity contribution is -0.125. The first kappa shape index (κ1) is 16.8. The topological polar surface area (TPSA) is 78.3 Å². The Hall–Kier alpha value is -3.39. The highest BCUT2D eigenvalue weighted by Crippen LogP contribution is 2.31. The molecule has 7 nitrogen and oxygen atoms in total. The first-order chi connectivity index (χ1) is 13.7. The van der Waals surface area contributed by atoms with Crippen molar-refractivity contribution in [2.24, 2.45) is 0 Å². The summed E-state index contributed by atoms with van der Waals surface area (Å²) in [6, 6.07) is 17.0. The van der Waals surface area contributed by atoms with Crippen LogP contribution in [0.15, 0.2) is 54.6 Å². The van der Waals surface area contributed by atoms with Gasteiger partial charge in [-0.25, -0.2) is 4.98 Å². The smallest absolute Gasteiger partial charge is 0.270 e. The number of aryl methyl sites for hydroxylation is 1. The van der Waals surface area contributed by atoms with Crippen LogP contribution in [0.2, 0.25) is 0 Å². The van der Waals surface area contributed by atoms with Crippen molar-refractivity contribution in [3.63, 3.8) is 0 Å². The van der Waals surface area contributed by atoms with Gasteiger partial charge < -0.3 is 14.8 Å². The molecule has 2 aromatic carbocycles. The summed E-state index contributed by atoms with van der Waals surface area (Å²) in [6.45, 7) is 2.02. The average Bonchev–Trinajstić information content (AvgIpc) is 3.30. The van der Waals surface area contributed by atoms with Gasteiger partial charge in [-0.05, 0) is 31.2 Å². The van der Waals surface area contributed by atoms with Crippen LogP contribution in [0.3, 0.4) is 0 Å². The minimum Gasteiger partial charge on any atom is -0.485 e. The Bertz CT molecular complexity index is 1150. The number of benzene rings is 2. The highest BCUT2D eigenvalue weighted by molar-refractivity contribution is 7.20. The number of rotatable bonds is 3. The summed E-state index contributed by atoms with van der Waals surface area (Å²) in [5.41, 5.74) is 1.68. The molecule has 1 aliphatic heterocycles. The van der Waals surface area contributed by atoms with Crippen LogP contribution in [0, 0.1) is 6.92 Å². The molecule has 1 N–H and O–H groups in total. The van der Waals surface area contributed by atoms with Gasteiger partial charge in [-0.1, -0.05) is 35.6 Å². The van der Waals surface area contributed by atoms with Crippen LogP contribution in [-0.4, -0.2) is 33.4 Å². The number of para-hydroxylation sites is 3. The second kappa shape index (κ2) is 6.65. The predicted octanol–water partition coefficient (Wildman–Crippen LogP) is 3.57. The van der Waals surface area contributed by atoms with Crippen molar-refractivity contribution in [3.8, 4) is 16.6 Å². The normalized spacial score (nSPS) is 15.5. The third kappa shape index (κ3) is 2.97. The van der Waals surface area contributed by atoms with E-state index in [-0.39, 0.29) is 12.5 Å².